The van der Waals surface area contributed by atoms with Crippen molar-refractivity contribution in [2.75, 3.05) is 31.1 Å². The van der Waals surface area contributed by atoms with Crippen LogP contribution in [-0.2, 0) is 9.53 Å². The molecule has 1 fully saturated rings. The number of carbonyl (C=O) groups is 2. The van der Waals surface area contributed by atoms with E-state index in [9.17, 15) is 18.4 Å². The van der Waals surface area contributed by atoms with Gasteiger partial charge in [-0.05, 0) is 42.8 Å². The topological polar surface area (TPSA) is 86.5 Å². The number of esters is 1. The van der Waals surface area contributed by atoms with Crippen LogP contribution in [0, 0.1) is 29.9 Å². The molecule has 0 atom stereocenters. The maximum Gasteiger partial charge on any atom is 0.347 e. The highest BCUT2D eigenvalue weighted by atomic mass is 19.2. The van der Waals surface area contributed by atoms with Crippen LogP contribution in [0.2, 0.25) is 0 Å². The molecule has 196 valence electrons. The van der Waals surface area contributed by atoms with Crippen LogP contribution >= 0.6 is 0 Å². The first-order valence-electron chi connectivity index (χ1n) is 12.2. The normalized spacial score (nSPS) is 14.8. The first-order chi connectivity index (χ1) is 18.4. The van der Waals surface area contributed by atoms with E-state index >= 15 is 0 Å². The van der Waals surface area contributed by atoms with Crippen LogP contribution < -0.4 is 4.90 Å². The number of anilines is 1. The quantitative estimate of drug-likeness (QED) is 0.350. The molecule has 1 amide bonds. The molecular formula is C29H28F2N4O3. The van der Waals surface area contributed by atoms with Crippen molar-refractivity contribution in [3.8, 4) is 6.07 Å². The Kier molecular flexibility index (Phi) is 9.66. The fourth-order valence-electron chi connectivity index (χ4n) is 3.88. The number of ether oxygens (including phenoxy) is 1. The van der Waals surface area contributed by atoms with E-state index in [1.54, 1.807) is 23.2 Å². The van der Waals surface area contributed by atoms with E-state index in [1.807, 2.05) is 57.2 Å². The Morgan fingerprint density at radius 1 is 1.05 bits per heavy atom. The van der Waals surface area contributed by atoms with Gasteiger partial charge in [0.25, 0.3) is 0 Å². The van der Waals surface area contributed by atoms with E-state index in [0.29, 0.717) is 5.56 Å². The van der Waals surface area contributed by atoms with Crippen LogP contribution in [-0.4, -0.2) is 48.4 Å². The zero-order chi connectivity index (χ0) is 27.7. The largest absolute Gasteiger partial charge is 0.422 e. The fourth-order valence-corrected chi connectivity index (χ4v) is 3.88. The summed E-state index contributed by atoms with van der Waals surface area (Å²) in [4.78, 5) is 30.3. The maximum atomic E-state index is 13.6. The molecule has 3 heterocycles. The Morgan fingerprint density at radius 3 is 2.39 bits per heavy atom. The van der Waals surface area contributed by atoms with Gasteiger partial charge in [-0.25, -0.2) is 18.6 Å². The van der Waals surface area contributed by atoms with Gasteiger partial charge in [0.05, 0.1) is 5.56 Å². The molecule has 2 aromatic carbocycles. The van der Waals surface area contributed by atoms with Crippen LogP contribution in [0.4, 0.5) is 14.6 Å². The number of nitriles is 1. The maximum absolute atomic E-state index is 13.6. The minimum Gasteiger partial charge on any atom is -0.422 e. The predicted molar refractivity (Wildman–Crippen MR) is 141 cm³/mol. The zero-order valence-corrected chi connectivity index (χ0v) is 21.4. The van der Waals surface area contributed by atoms with Crippen molar-refractivity contribution in [1.82, 2.24) is 9.88 Å². The van der Waals surface area contributed by atoms with Crippen LogP contribution in [0.1, 0.15) is 46.5 Å². The number of pyridine rings is 1. The van der Waals surface area contributed by atoms with Gasteiger partial charge in [0.1, 0.15) is 23.2 Å². The molecular weight excluding hydrogens is 490 g/mol. The lowest BCUT2D eigenvalue weighted by atomic mass is 10.0. The van der Waals surface area contributed by atoms with Crippen LogP contribution in [0.3, 0.4) is 0 Å². The highest BCUT2D eigenvalue weighted by Crippen LogP contribution is 2.33. The van der Waals surface area contributed by atoms with Crippen molar-refractivity contribution in [3.05, 3.63) is 94.2 Å². The van der Waals surface area contributed by atoms with Crippen molar-refractivity contribution >= 4 is 30.0 Å². The predicted octanol–water partition coefficient (Wildman–Crippen LogP) is 5.20. The zero-order valence-electron chi connectivity index (χ0n) is 21.4. The summed E-state index contributed by atoms with van der Waals surface area (Å²) in [7, 11) is 0. The lowest BCUT2D eigenvalue weighted by molar-refractivity contribution is -0.118. The second-order valence-electron chi connectivity index (χ2n) is 8.24. The summed E-state index contributed by atoms with van der Waals surface area (Å²) < 4.78 is 31.8. The number of fused-ring (bicyclic) bond motifs is 1. The Hall–Kier alpha value is -4.58. The van der Waals surface area contributed by atoms with Crippen molar-refractivity contribution < 1.29 is 23.1 Å². The second-order valence-corrected chi connectivity index (χ2v) is 8.24. The monoisotopic (exact) mass is 518 g/mol. The molecule has 0 aliphatic carbocycles. The minimum atomic E-state index is -1.17. The molecule has 2 aliphatic rings. The van der Waals surface area contributed by atoms with Crippen LogP contribution in [0.15, 0.2) is 54.7 Å². The summed E-state index contributed by atoms with van der Waals surface area (Å²) in [5.41, 5.74) is 2.37. The molecule has 7 nitrogen and oxygen atoms in total. The number of hydrogen-bond donors (Lipinski definition) is 0. The average molecular weight is 519 g/mol. The number of aromatic nitrogens is 1. The number of cyclic esters (lactones) is 1. The van der Waals surface area contributed by atoms with Crippen LogP contribution in [0.25, 0.3) is 11.8 Å². The molecule has 0 saturated carbocycles. The number of hydrogen-bond acceptors (Lipinski definition) is 6. The van der Waals surface area contributed by atoms with Gasteiger partial charge in [-0.15, -0.1) is 0 Å². The number of amides is 1. The second kappa shape index (κ2) is 13.1. The molecule has 1 saturated heterocycles. The van der Waals surface area contributed by atoms with Gasteiger partial charge in [0.2, 0.25) is 6.41 Å². The molecule has 0 unspecified atom stereocenters. The third-order valence-corrected chi connectivity index (χ3v) is 5.77. The van der Waals surface area contributed by atoms with Gasteiger partial charge >= 0.3 is 5.97 Å². The molecule has 0 spiro atoms. The number of benzene rings is 2. The molecule has 1 aromatic heterocycles. The Morgan fingerprint density at radius 2 is 1.79 bits per heavy atom. The van der Waals surface area contributed by atoms with E-state index < -0.39 is 17.6 Å². The number of aryl methyl sites for hydroxylation is 1. The number of nitrogens with zero attached hydrogens (tertiary/aromatic N) is 4. The summed E-state index contributed by atoms with van der Waals surface area (Å²) in [5, 5.41) is 8.66. The first kappa shape index (κ1) is 28.0. The van der Waals surface area contributed by atoms with Gasteiger partial charge in [-0.3, -0.25) is 4.79 Å². The van der Waals surface area contributed by atoms with E-state index in [0.717, 1.165) is 55.6 Å². The number of halogens is 2. The lowest BCUT2D eigenvalue weighted by Crippen LogP contribution is -2.46. The molecule has 9 heteroatoms. The van der Waals surface area contributed by atoms with Crippen molar-refractivity contribution in [3.63, 3.8) is 0 Å². The van der Waals surface area contributed by atoms with E-state index in [-0.39, 0.29) is 16.9 Å². The highest BCUT2D eigenvalue weighted by Gasteiger charge is 2.31. The summed E-state index contributed by atoms with van der Waals surface area (Å²) in [6.45, 7) is 8.97. The van der Waals surface area contributed by atoms with Gasteiger partial charge in [-0.2, -0.15) is 5.26 Å². The van der Waals surface area contributed by atoms with Crippen molar-refractivity contribution in [2.45, 2.75) is 20.8 Å². The summed E-state index contributed by atoms with van der Waals surface area (Å²) >= 11 is 0. The number of carbonyl (C=O) groups excluding carboxylic acids is 2. The van der Waals surface area contributed by atoms with Gasteiger partial charge in [-0.1, -0.05) is 43.7 Å². The summed E-state index contributed by atoms with van der Waals surface area (Å²) in [6, 6.07) is 15.5. The summed E-state index contributed by atoms with van der Waals surface area (Å²) in [6.07, 6.45) is 4.08. The highest BCUT2D eigenvalue weighted by molar-refractivity contribution is 6.05. The SMILES string of the molecule is CC.Cc1cccc(/C=C2\OC(=O)c3c2ccc(F)c3F)c1.N#Cc1ccc(N2CCN(C=O)CC2)nc1. The molecule has 5 rings (SSSR count). The summed E-state index contributed by atoms with van der Waals surface area (Å²) in [5.74, 6) is -1.99. The third-order valence-electron chi connectivity index (χ3n) is 5.77. The minimum absolute atomic E-state index is 0.231. The van der Waals surface area contributed by atoms with E-state index in [2.05, 4.69) is 9.88 Å². The van der Waals surface area contributed by atoms with Gasteiger partial charge in [0.15, 0.2) is 11.6 Å². The fraction of sp³-hybridized carbons (Fsp3) is 0.241. The van der Waals surface area contributed by atoms with Crippen molar-refractivity contribution in [1.29, 1.82) is 5.26 Å². The lowest BCUT2D eigenvalue weighted by Gasteiger charge is -2.33. The Balaban J connectivity index is 0.000000202. The molecule has 2 aliphatic heterocycles. The third kappa shape index (κ3) is 6.59. The molecule has 3 aromatic rings. The standard InChI is InChI=1S/C16H10F2O2.C11H12N4O.C2H6/c1-9-3-2-4-10(7-9)8-13-11-5-6-12(17)15(18)14(11)16(19)20-13;12-7-10-1-2-11(13-8-10)15-5-3-14(9-16)4-6-15;1-2/h2-8H,1H3;1-2,8-9H,3-6H2;1-2H3/b13-8-;;. The molecule has 0 radical (unpaired) electrons. The van der Waals surface area contributed by atoms with Gasteiger partial charge in [0, 0.05) is 37.9 Å². The Bertz CT molecular complexity index is 1360. The smallest absolute Gasteiger partial charge is 0.347 e. The molecule has 38 heavy (non-hydrogen) atoms. The number of piperazine rings is 1. The number of rotatable bonds is 3. The van der Waals surface area contributed by atoms with Gasteiger partial charge < -0.3 is 14.5 Å². The van der Waals surface area contributed by atoms with E-state index in [1.165, 1.54) is 6.07 Å². The Labute approximate surface area is 220 Å². The average Bonchev–Trinajstić information content (AvgIpc) is 3.27. The first-order valence-corrected chi connectivity index (χ1v) is 12.2. The van der Waals surface area contributed by atoms with Crippen molar-refractivity contribution in [2.24, 2.45) is 0 Å². The van der Waals surface area contributed by atoms with Crippen LogP contribution in [0.5, 0.6) is 0 Å². The molecule has 0 bridgehead atoms. The molecule has 0 N–H and O–H groups in total. The van der Waals surface area contributed by atoms with E-state index in [4.69, 9.17) is 10.00 Å².